The van der Waals surface area contributed by atoms with Crippen molar-refractivity contribution < 1.29 is 4.74 Å². The van der Waals surface area contributed by atoms with Crippen LogP contribution in [0.1, 0.15) is 44.7 Å². The number of nitrogens with zero attached hydrogens (tertiary/aromatic N) is 1. The number of benzene rings is 1. The van der Waals surface area contributed by atoms with E-state index in [-0.39, 0.29) is 12.1 Å². The molecule has 0 radical (unpaired) electrons. The van der Waals surface area contributed by atoms with E-state index in [2.05, 4.69) is 22.6 Å². The third-order valence-corrected chi connectivity index (χ3v) is 3.56. The van der Waals surface area contributed by atoms with Gasteiger partial charge in [0.2, 0.25) is 0 Å². The molecular formula is C16H27N3O. The fraction of sp³-hybridized carbons (Fsp3) is 0.625. The van der Waals surface area contributed by atoms with Crippen LogP contribution in [0.2, 0.25) is 0 Å². The third kappa shape index (κ3) is 4.47. The van der Waals surface area contributed by atoms with Gasteiger partial charge in [-0.1, -0.05) is 18.6 Å². The normalized spacial score (nSPS) is 18.2. The first-order valence-electron chi connectivity index (χ1n) is 7.67. The Balaban J connectivity index is 2.02. The van der Waals surface area contributed by atoms with Crippen LogP contribution < -0.4 is 15.9 Å². The number of hydrogen-bond acceptors (Lipinski definition) is 4. The fourth-order valence-corrected chi connectivity index (χ4v) is 2.58. The molecule has 3 N–H and O–H groups in total. The van der Waals surface area contributed by atoms with Crippen LogP contribution in [-0.4, -0.2) is 30.7 Å². The van der Waals surface area contributed by atoms with E-state index in [1.54, 1.807) is 0 Å². The van der Waals surface area contributed by atoms with E-state index in [1.807, 2.05) is 26.0 Å². The Morgan fingerprint density at radius 1 is 1.25 bits per heavy atom. The highest BCUT2D eigenvalue weighted by Crippen LogP contribution is 2.21. The minimum absolute atomic E-state index is 0.156. The predicted octanol–water partition coefficient (Wildman–Crippen LogP) is 2.46. The first-order chi connectivity index (χ1) is 9.69. The standard InChI is InChI=1S/C16H27N3O/c1-13(2)20-15-8-6-7-14(11-15)16(12-17)18-19-9-4-3-5-10-19/h6-8,11,13,16,18H,3-5,9-10,12,17H2,1-2H3. The van der Waals surface area contributed by atoms with Gasteiger partial charge in [-0.3, -0.25) is 0 Å². The van der Waals surface area contributed by atoms with E-state index in [0.29, 0.717) is 6.54 Å². The summed E-state index contributed by atoms with van der Waals surface area (Å²) < 4.78 is 5.76. The predicted molar refractivity (Wildman–Crippen MR) is 82.6 cm³/mol. The van der Waals surface area contributed by atoms with Crippen molar-refractivity contribution in [1.29, 1.82) is 0 Å². The second-order valence-corrected chi connectivity index (χ2v) is 5.70. The van der Waals surface area contributed by atoms with Crippen LogP contribution >= 0.6 is 0 Å². The number of hydrazine groups is 1. The van der Waals surface area contributed by atoms with E-state index in [4.69, 9.17) is 10.5 Å². The molecule has 1 atom stereocenters. The quantitative estimate of drug-likeness (QED) is 0.838. The van der Waals surface area contributed by atoms with Crippen LogP contribution in [0.5, 0.6) is 5.75 Å². The van der Waals surface area contributed by atoms with Gasteiger partial charge in [-0.2, -0.15) is 0 Å². The maximum atomic E-state index is 5.94. The van der Waals surface area contributed by atoms with Crippen LogP contribution in [0.3, 0.4) is 0 Å². The van der Waals surface area contributed by atoms with Crippen molar-refractivity contribution in [3.05, 3.63) is 29.8 Å². The van der Waals surface area contributed by atoms with Gasteiger partial charge in [-0.25, -0.2) is 10.4 Å². The van der Waals surface area contributed by atoms with Crippen molar-refractivity contribution in [2.24, 2.45) is 5.73 Å². The Hall–Kier alpha value is -1.10. The highest BCUT2D eigenvalue weighted by atomic mass is 16.5. The lowest BCUT2D eigenvalue weighted by Gasteiger charge is -2.31. The maximum absolute atomic E-state index is 5.94. The Bertz CT molecular complexity index is 402. The summed E-state index contributed by atoms with van der Waals surface area (Å²) in [5, 5.41) is 2.30. The molecule has 1 fully saturated rings. The molecule has 0 spiro atoms. The van der Waals surface area contributed by atoms with Gasteiger partial charge in [-0.05, 0) is 44.4 Å². The van der Waals surface area contributed by atoms with Gasteiger partial charge in [-0.15, -0.1) is 0 Å². The lowest BCUT2D eigenvalue weighted by Crippen LogP contribution is -2.45. The molecule has 0 bridgehead atoms. The highest BCUT2D eigenvalue weighted by molar-refractivity contribution is 5.30. The summed E-state index contributed by atoms with van der Waals surface area (Å²) in [5.41, 5.74) is 10.7. The van der Waals surface area contributed by atoms with Crippen LogP contribution in [0.25, 0.3) is 0 Å². The van der Waals surface area contributed by atoms with Gasteiger partial charge in [0, 0.05) is 19.6 Å². The number of nitrogens with two attached hydrogens (primary N) is 1. The monoisotopic (exact) mass is 277 g/mol. The van der Waals surface area contributed by atoms with Crippen LogP contribution in [0, 0.1) is 0 Å². The molecule has 20 heavy (non-hydrogen) atoms. The van der Waals surface area contributed by atoms with Crippen LogP contribution in [-0.2, 0) is 0 Å². The fourth-order valence-electron chi connectivity index (χ4n) is 2.58. The zero-order chi connectivity index (χ0) is 14.4. The van der Waals surface area contributed by atoms with Gasteiger partial charge in [0.1, 0.15) is 5.75 Å². The van der Waals surface area contributed by atoms with Gasteiger partial charge in [0.05, 0.1) is 12.1 Å². The second-order valence-electron chi connectivity index (χ2n) is 5.70. The zero-order valence-electron chi connectivity index (χ0n) is 12.6. The lowest BCUT2D eigenvalue weighted by atomic mass is 10.1. The first-order valence-corrected chi connectivity index (χ1v) is 7.67. The Morgan fingerprint density at radius 3 is 2.65 bits per heavy atom. The third-order valence-electron chi connectivity index (χ3n) is 3.56. The maximum Gasteiger partial charge on any atom is 0.120 e. The Kier molecular flexibility index (Phi) is 5.83. The minimum atomic E-state index is 0.156. The molecule has 1 aliphatic rings. The molecule has 0 saturated carbocycles. The average Bonchev–Trinajstić information content (AvgIpc) is 2.45. The van der Waals surface area contributed by atoms with Crippen LogP contribution in [0.15, 0.2) is 24.3 Å². The minimum Gasteiger partial charge on any atom is -0.491 e. The molecule has 4 heteroatoms. The SMILES string of the molecule is CC(C)Oc1cccc(C(CN)NN2CCCCC2)c1. The van der Waals surface area contributed by atoms with Gasteiger partial charge in [0.15, 0.2) is 0 Å². The average molecular weight is 277 g/mol. The number of rotatable bonds is 6. The van der Waals surface area contributed by atoms with Gasteiger partial charge < -0.3 is 10.5 Å². The van der Waals surface area contributed by atoms with Crippen LogP contribution in [0.4, 0.5) is 0 Å². The molecule has 0 aliphatic carbocycles. The molecule has 1 aromatic carbocycles. The lowest BCUT2D eigenvalue weighted by molar-refractivity contribution is 0.130. The summed E-state index contributed by atoms with van der Waals surface area (Å²) in [7, 11) is 0. The smallest absolute Gasteiger partial charge is 0.120 e. The van der Waals surface area contributed by atoms with E-state index >= 15 is 0 Å². The van der Waals surface area contributed by atoms with Crippen molar-refractivity contribution >= 4 is 0 Å². The van der Waals surface area contributed by atoms with E-state index in [9.17, 15) is 0 Å². The summed E-state index contributed by atoms with van der Waals surface area (Å²) in [6.45, 7) is 6.89. The molecule has 112 valence electrons. The molecule has 0 amide bonds. The van der Waals surface area contributed by atoms with Crippen molar-refractivity contribution in [3.63, 3.8) is 0 Å². The van der Waals surface area contributed by atoms with E-state index < -0.39 is 0 Å². The van der Waals surface area contributed by atoms with E-state index in [1.165, 1.54) is 24.8 Å². The Labute approximate surface area is 122 Å². The molecule has 1 unspecified atom stereocenters. The number of hydrogen-bond donors (Lipinski definition) is 2. The molecule has 1 heterocycles. The van der Waals surface area contributed by atoms with Crippen molar-refractivity contribution in [2.75, 3.05) is 19.6 Å². The second kappa shape index (κ2) is 7.62. The van der Waals surface area contributed by atoms with Crippen molar-refractivity contribution in [1.82, 2.24) is 10.4 Å². The largest absolute Gasteiger partial charge is 0.491 e. The number of nitrogens with one attached hydrogen (secondary N) is 1. The van der Waals surface area contributed by atoms with Crippen molar-refractivity contribution in [2.45, 2.75) is 45.3 Å². The highest BCUT2D eigenvalue weighted by Gasteiger charge is 2.16. The number of ether oxygens (including phenoxy) is 1. The van der Waals surface area contributed by atoms with Gasteiger partial charge in [0.25, 0.3) is 0 Å². The first kappa shape index (κ1) is 15.3. The molecule has 1 aliphatic heterocycles. The zero-order valence-corrected chi connectivity index (χ0v) is 12.6. The van der Waals surface area contributed by atoms with Gasteiger partial charge >= 0.3 is 0 Å². The Morgan fingerprint density at radius 2 is 2.00 bits per heavy atom. The topological polar surface area (TPSA) is 50.5 Å². The van der Waals surface area contributed by atoms with E-state index in [0.717, 1.165) is 18.8 Å². The molecule has 1 saturated heterocycles. The summed E-state index contributed by atoms with van der Waals surface area (Å²) >= 11 is 0. The molecular weight excluding hydrogens is 250 g/mol. The summed E-state index contributed by atoms with van der Waals surface area (Å²) in [4.78, 5) is 0. The summed E-state index contributed by atoms with van der Waals surface area (Å²) in [6.07, 6.45) is 4.06. The van der Waals surface area contributed by atoms with Crippen molar-refractivity contribution in [3.8, 4) is 5.75 Å². The number of piperidine rings is 1. The summed E-state index contributed by atoms with van der Waals surface area (Å²) in [5.74, 6) is 0.913. The summed E-state index contributed by atoms with van der Waals surface area (Å²) in [6, 6.07) is 8.39. The molecule has 2 rings (SSSR count). The molecule has 1 aromatic rings. The molecule has 0 aromatic heterocycles. The molecule has 4 nitrogen and oxygen atoms in total.